The first-order valence-corrected chi connectivity index (χ1v) is 13.5. The maximum Gasteiger partial charge on any atom is 0.410 e. The minimum absolute atomic E-state index is 0.0425. The zero-order valence-electron chi connectivity index (χ0n) is 20.5. The lowest BCUT2D eigenvalue weighted by Crippen LogP contribution is -2.43. The predicted molar refractivity (Wildman–Crippen MR) is 142 cm³/mol. The fourth-order valence-electron chi connectivity index (χ4n) is 4.84. The molecule has 2 fully saturated rings. The van der Waals surface area contributed by atoms with Gasteiger partial charge in [0.1, 0.15) is 12.6 Å². The van der Waals surface area contributed by atoms with Crippen LogP contribution in [0, 0.1) is 0 Å². The number of anilines is 1. The van der Waals surface area contributed by atoms with Gasteiger partial charge in [-0.3, -0.25) is 14.5 Å². The molecule has 37 heavy (non-hydrogen) atoms. The summed E-state index contributed by atoms with van der Waals surface area (Å²) in [6, 6.07) is 16.6. The molecule has 192 valence electrons. The van der Waals surface area contributed by atoms with E-state index in [4.69, 9.17) is 4.74 Å². The Morgan fingerprint density at radius 3 is 2.49 bits per heavy atom. The quantitative estimate of drug-likeness (QED) is 0.447. The molecule has 1 atom stereocenters. The molecule has 5 rings (SSSR count). The molecular formula is C28H30N4O4S. The smallest absolute Gasteiger partial charge is 0.410 e. The molecule has 1 saturated heterocycles. The number of nitrogens with one attached hydrogen (secondary N) is 2. The maximum absolute atomic E-state index is 13.0. The molecule has 0 radical (unpaired) electrons. The number of carbonyl (C=O) groups excluding carboxylic acids is 3. The number of aromatic nitrogens is 1. The van der Waals surface area contributed by atoms with E-state index >= 15 is 0 Å². The summed E-state index contributed by atoms with van der Waals surface area (Å²) in [5, 5.41) is 6.42. The fraction of sp³-hybridized carbons (Fsp3) is 0.357. The van der Waals surface area contributed by atoms with Crippen molar-refractivity contribution in [3.05, 3.63) is 71.9 Å². The number of nitrogens with zero attached hydrogens (tertiary/aromatic N) is 2. The normalized spacial score (nSPS) is 17.5. The van der Waals surface area contributed by atoms with E-state index in [9.17, 15) is 14.4 Å². The lowest BCUT2D eigenvalue weighted by Gasteiger charge is -2.22. The summed E-state index contributed by atoms with van der Waals surface area (Å²) in [6.45, 7) is 0.650. The van der Waals surface area contributed by atoms with Gasteiger partial charge in [0.25, 0.3) is 5.91 Å². The summed E-state index contributed by atoms with van der Waals surface area (Å²) >= 11 is 1.35. The maximum atomic E-state index is 13.0. The van der Waals surface area contributed by atoms with Gasteiger partial charge in [-0.1, -0.05) is 66.6 Å². The highest BCUT2D eigenvalue weighted by Crippen LogP contribution is 2.30. The summed E-state index contributed by atoms with van der Waals surface area (Å²) in [5.74, 6) is -0.312. The van der Waals surface area contributed by atoms with Gasteiger partial charge >= 0.3 is 6.09 Å². The highest BCUT2D eigenvalue weighted by Gasteiger charge is 2.35. The fourth-order valence-corrected chi connectivity index (χ4v) is 5.66. The van der Waals surface area contributed by atoms with Crippen molar-refractivity contribution in [3.63, 3.8) is 0 Å². The van der Waals surface area contributed by atoms with Crippen LogP contribution in [0.2, 0.25) is 0 Å². The van der Waals surface area contributed by atoms with E-state index in [1.807, 2.05) is 54.6 Å². The summed E-state index contributed by atoms with van der Waals surface area (Å²) in [5.41, 5.74) is 2.45. The van der Waals surface area contributed by atoms with Crippen LogP contribution in [0.5, 0.6) is 0 Å². The Morgan fingerprint density at radius 1 is 0.973 bits per heavy atom. The summed E-state index contributed by atoms with van der Waals surface area (Å²) in [4.78, 5) is 44.8. The van der Waals surface area contributed by atoms with Crippen molar-refractivity contribution in [2.24, 2.45) is 0 Å². The summed E-state index contributed by atoms with van der Waals surface area (Å²) in [6.07, 6.45) is 6.97. The number of benzene rings is 2. The van der Waals surface area contributed by atoms with Crippen molar-refractivity contribution in [1.82, 2.24) is 15.2 Å². The van der Waals surface area contributed by atoms with E-state index in [2.05, 4.69) is 15.6 Å². The topological polar surface area (TPSA) is 101 Å². The molecule has 1 aromatic heterocycles. The predicted octanol–water partition coefficient (Wildman–Crippen LogP) is 5.22. The first-order chi connectivity index (χ1) is 18.1. The second-order valence-electron chi connectivity index (χ2n) is 9.44. The van der Waals surface area contributed by atoms with Crippen molar-refractivity contribution in [1.29, 1.82) is 0 Å². The molecule has 2 N–H and O–H groups in total. The number of amides is 3. The molecule has 2 aliphatic rings. The second-order valence-corrected chi connectivity index (χ2v) is 10.5. The molecule has 8 nitrogen and oxygen atoms in total. The first kappa shape index (κ1) is 25.0. The van der Waals surface area contributed by atoms with E-state index < -0.39 is 12.1 Å². The van der Waals surface area contributed by atoms with Crippen LogP contribution < -0.4 is 10.6 Å². The first-order valence-electron chi connectivity index (χ1n) is 12.7. The number of hydrogen-bond donors (Lipinski definition) is 2. The van der Waals surface area contributed by atoms with E-state index in [1.165, 1.54) is 29.1 Å². The average Bonchev–Trinajstić information content (AvgIpc) is 3.70. The monoisotopic (exact) mass is 518 g/mol. The lowest BCUT2D eigenvalue weighted by molar-refractivity contribution is -0.120. The number of hydrogen-bond acceptors (Lipinski definition) is 6. The van der Waals surface area contributed by atoms with Crippen molar-refractivity contribution >= 4 is 34.4 Å². The molecule has 1 aliphatic heterocycles. The molecule has 3 amide bonds. The molecule has 0 bridgehead atoms. The van der Waals surface area contributed by atoms with E-state index in [0.29, 0.717) is 23.7 Å². The molecule has 3 aromatic rings. The van der Waals surface area contributed by atoms with Crippen LogP contribution in [0.25, 0.3) is 10.4 Å². The molecule has 1 saturated carbocycles. The van der Waals surface area contributed by atoms with Gasteiger partial charge in [-0.2, -0.15) is 0 Å². The van der Waals surface area contributed by atoms with E-state index in [0.717, 1.165) is 35.3 Å². The number of rotatable bonds is 7. The third-order valence-corrected chi connectivity index (χ3v) is 7.81. The standard InChI is InChI=1S/C28H30N4O4S/c33-25(30-22-9-4-5-10-22)21-14-12-20(13-15-21)24-17-29-27(37-24)31-26(34)23-11-6-16-32(23)28(35)36-18-19-7-2-1-3-8-19/h1-3,7-8,12-15,17,22-23H,4-6,9-11,16,18H2,(H,30,33)(H,29,31,34)/t23-/m0/s1. The molecule has 0 spiro atoms. The van der Waals surface area contributed by atoms with Gasteiger partial charge in [-0.15, -0.1) is 0 Å². The van der Waals surface area contributed by atoms with Gasteiger partial charge < -0.3 is 15.4 Å². The highest BCUT2D eigenvalue weighted by atomic mass is 32.1. The minimum atomic E-state index is -0.590. The molecular weight excluding hydrogens is 488 g/mol. The minimum Gasteiger partial charge on any atom is -0.445 e. The Bertz CT molecular complexity index is 1240. The number of likely N-dealkylation sites (tertiary alicyclic amines) is 1. The molecule has 2 aromatic carbocycles. The van der Waals surface area contributed by atoms with Crippen LogP contribution in [0.3, 0.4) is 0 Å². The van der Waals surface area contributed by atoms with Crippen LogP contribution in [0.15, 0.2) is 60.8 Å². The molecule has 0 unspecified atom stereocenters. The Morgan fingerprint density at radius 2 is 1.73 bits per heavy atom. The summed E-state index contributed by atoms with van der Waals surface area (Å²) < 4.78 is 5.43. The van der Waals surface area contributed by atoms with E-state index in [-0.39, 0.29) is 24.5 Å². The van der Waals surface area contributed by atoms with Crippen LogP contribution in [0.1, 0.15) is 54.4 Å². The number of thiazole rings is 1. The number of carbonyl (C=O) groups is 3. The van der Waals surface area contributed by atoms with Gasteiger partial charge in [0.15, 0.2) is 5.13 Å². The zero-order chi connectivity index (χ0) is 25.6. The Balaban J connectivity index is 1.16. The molecule has 1 aliphatic carbocycles. The van der Waals surface area contributed by atoms with Gasteiger partial charge in [0, 0.05) is 24.3 Å². The Hall–Kier alpha value is -3.72. The molecule has 2 heterocycles. The largest absolute Gasteiger partial charge is 0.445 e. The van der Waals surface area contributed by atoms with Crippen molar-refractivity contribution in [3.8, 4) is 10.4 Å². The number of ether oxygens (including phenoxy) is 1. The van der Waals surface area contributed by atoms with E-state index in [1.54, 1.807) is 6.20 Å². The molecule has 9 heteroatoms. The highest BCUT2D eigenvalue weighted by molar-refractivity contribution is 7.19. The Labute approximate surface area is 220 Å². The SMILES string of the molecule is O=C(NC1CCCC1)c1ccc(-c2cnc(NC(=O)[C@@H]3CCCN3C(=O)OCc3ccccc3)s2)cc1. The van der Waals surface area contributed by atoms with Gasteiger partial charge in [0.2, 0.25) is 5.91 Å². The second kappa shape index (κ2) is 11.6. The van der Waals surface area contributed by atoms with Crippen molar-refractivity contribution < 1.29 is 19.1 Å². The van der Waals surface area contributed by atoms with Crippen molar-refractivity contribution in [2.75, 3.05) is 11.9 Å². The van der Waals surface area contributed by atoms with Gasteiger partial charge in [0.05, 0.1) is 4.88 Å². The zero-order valence-corrected chi connectivity index (χ0v) is 21.3. The van der Waals surface area contributed by atoms with Crippen LogP contribution >= 0.6 is 11.3 Å². The van der Waals surface area contributed by atoms with Gasteiger partial charge in [-0.05, 0) is 48.9 Å². The van der Waals surface area contributed by atoms with Crippen LogP contribution in [-0.2, 0) is 16.1 Å². The lowest BCUT2D eigenvalue weighted by atomic mass is 10.1. The van der Waals surface area contributed by atoms with Crippen LogP contribution in [-0.4, -0.2) is 46.4 Å². The van der Waals surface area contributed by atoms with Crippen molar-refractivity contribution in [2.45, 2.75) is 57.2 Å². The third kappa shape index (κ3) is 6.17. The Kier molecular flexibility index (Phi) is 7.79. The van der Waals surface area contributed by atoms with Gasteiger partial charge in [-0.25, -0.2) is 9.78 Å². The summed E-state index contributed by atoms with van der Waals surface area (Å²) in [7, 11) is 0. The third-order valence-electron chi connectivity index (χ3n) is 6.85. The van der Waals surface area contributed by atoms with Crippen LogP contribution in [0.4, 0.5) is 9.93 Å². The average molecular weight is 519 g/mol.